The number of nitrogens with zero attached hydrogens (tertiary/aromatic N) is 4. The van der Waals surface area contributed by atoms with E-state index < -0.39 is 0 Å². The molecule has 1 amide bonds. The Balaban J connectivity index is 1.39. The molecule has 172 valence electrons. The highest BCUT2D eigenvalue weighted by Crippen LogP contribution is 2.33. The molecule has 1 aromatic carbocycles. The van der Waals surface area contributed by atoms with Crippen molar-refractivity contribution < 1.29 is 19.3 Å². The number of hydrogen-bond donors (Lipinski definition) is 2. The minimum absolute atomic E-state index is 0.0104. The summed E-state index contributed by atoms with van der Waals surface area (Å²) in [5.74, 6) is 0.627. The summed E-state index contributed by atoms with van der Waals surface area (Å²) in [5, 5.41) is 11.0. The molecule has 1 saturated heterocycles. The number of quaternary nitrogens is 1. The Labute approximate surface area is 196 Å². The largest absolute Gasteiger partial charge is 0.391 e. The zero-order chi connectivity index (χ0) is 22.9. The minimum Gasteiger partial charge on any atom is -0.391 e. The molecule has 7 nitrogen and oxygen atoms in total. The first-order chi connectivity index (χ1) is 16.0. The number of thiazole rings is 1. The molecule has 0 spiro atoms. The highest BCUT2D eigenvalue weighted by atomic mass is 32.1. The molecule has 2 aromatic rings. The number of carbonyl (C=O) groups excluding carboxylic acids is 1. The van der Waals surface area contributed by atoms with Crippen LogP contribution in [0.2, 0.25) is 0 Å². The van der Waals surface area contributed by atoms with Crippen molar-refractivity contribution in [3.63, 3.8) is 0 Å². The van der Waals surface area contributed by atoms with E-state index in [1.807, 2.05) is 48.4 Å². The quantitative estimate of drug-likeness (QED) is 0.662. The van der Waals surface area contributed by atoms with Crippen molar-refractivity contribution in [2.24, 2.45) is 4.99 Å². The third kappa shape index (κ3) is 4.36. The lowest BCUT2D eigenvalue weighted by Gasteiger charge is -2.35. The van der Waals surface area contributed by atoms with Gasteiger partial charge in [0.1, 0.15) is 17.6 Å². The molecule has 1 unspecified atom stereocenters. The van der Waals surface area contributed by atoms with Gasteiger partial charge in [0.05, 0.1) is 28.3 Å². The minimum atomic E-state index is -0.261. The highest BCUT2D eigenvalue weighted by molar-refractivity contribution is 7.15. The maximum atomic E-state index is 13.9. The Bertz CT molecular complexity index is 1140. The van der Waals surface area contributed by atoms with E-state index in [1.165, 1.54) is 6.20 Å². The number of halogens is 1. The predicted octanol–water partition coefficient (Wildman–Crippen LogP) is 2.68. The number of benzene rings is 1. The van der Waals surface area contributed by atoms with Crippen molar-refractivity contribution in [1.82, 2.24) is 15.0 Å². The van der Waals surface area contributed by atoms with Crippen LogP contribution in [0.4, 0.5) is 4.48 Å². The van der Waals surface area contributed by atoms with Crippen molar-refractivity contribution in [3.05, 3.63) is 64.7 Å². The summed E-state index contributed by atoms with van der Waals surface area (Å²) in [6, 6.07) is 9.94. The second-order valence-electron chi connectivity index (χ2n) is 8.62. The Hall–Kier alpha value is -2.88. The van der Waals surface area contributed by atoms with Gasteiger partial charge >= 0.3 is 0 Å². The van der Waals surface area contributed by atoms with Crippen LogP contribution in [0.1, 0.15) is 41.2 Å². The topological polar surface area (TPSA) is 73.5 Å². The smallest absolute Gasteiger partial charge is 0.274 e. The van der Waals surface area contributed by atoms with Crippen LogP contribution in [0.15, 0.2) is 59.0 Å². The fourth-order valence-electron chi connectivity index (χ4n) is 4.79. The van der Waals surface area contributed by atoms with Crippen molar-refractivity contribution in [2.75, 3.05) is 19.8 Å². The van der Waals surface area contributed by atoms with Crippen molar-refractivity contribution in [3.8, 4) is 10.4 Å². The zero-order valence-corrected chi connectivity index (χ0v) is 19.3. The molecule has 2 N–H and O–H groups in total. The lowest BCUT2D eigenvalue weighted by molar-refractivity contribution is -0.764. The van der Waals surface area contributed by atoms with Crippen molar-refractivity contribution in [1.29, 1.82) is 0 Å². The molecule has 2 atom stereocenters. The van der Waals surface area contributed by atoms with E-state index in [1.54, 1.807) is 11.3 Å². The zero-order valence-electron chi connectivity index (χ0n) is 18.5. The number of aliphatic imine (C=N–C) groups is 1. The summed E-state index contributed by atoms with van der Waals surface area (Å²) in [5.41, 5.74) is 2.83. The maximum absolute atomic E-state index is 13.9. The van der Waals surface area contributed by atoms with Gasteiger partial charge < -0.3 is 10.0 Å². The third-order valence-electron chi connectivity index (χ3n) is 6.30. The number of fused-ring (bicyclic) bond motifs is 1. The molecule has 1 aromatic heterocycles. The molecule has 9 heteroatoms. The number of nitrogens with one attached hydrogen (secondary N) is 1. The van der Waals surface area contributed by atoms with E-state index in [0.717, 1.165) is 45.3 Å². The first-order valence-electron chi connectivity index (χ1n) is 11.3. The number of aliphatic hydroxyl groups excluding tert-OH is 1. The van der Waals surface area contributed by atoms with Crippen LogP contribution in [0.5, 0.6) is 0 Å². The van der Waals surface area contributed by atoms with Gasteiger partial charge in [-0.3, -0.25) is 4.79 Å². The van der Waals surface area contributed by atoms with Crippen LogP contribution >= 0.6 is 11.3 Å². The number of carbonyl (C=O) groups is 1. The number of rotatable bonds is 5. The van der Waals surface area contributed by atoms with E-state index in [2.05, 4.69) is 4.98 Å². The normalized spacial score (nSPS) is 22.6. The van der Waals surface area contributed by atoms with Crippen LogP contribution in [0, 0.1) is 6.92 Å². The van der Waals surface area contributed by atoms with Gasteiger partial charge in [-0.05, 0) is 31.7 Å². The molecule has 3 aliphatic heterocycles. The van der Waals surface area contributed by atoms with Crippen LogP contribution < -0.4 is 4.90 Å². The summed E-state index contributed by atoms with van der Waals surface area (Å²) in [4.78, 5) is 26.6. The summed E-state index contributed by atoms with van der Waals surface area (Å²) < 4.78 is 13.9. The Kier molecular flexibility index (Phi) is 6.09. The van der Waals surface area contributed by atoms with Gasteiger partial charge in [0.15, 0.2) is 6.67 Å². The molecule has 0 bridgehead atoms. The Morgan fingerprint density at radius 3 is 2.91 bits per heavy atom. The van der Waals surface area contributed by atoms with E-state index in [0.29, 0.717) is 35.2 Å². The first kappa shape index (κ1) is 21.9. The van der Waals surface area contributed by atoms with Crippen molar-refractivity contribution in [2.45, 2.75) is 38.6 Å². The van der Waals surface area contributed by atoms with Gasteiger partial charge in [-0.25, -0.2) is 9.88 Å². The van der Waals surface area contributed by atoms with Crippen LogP contribution in [0.25, 0.3) is 10.4 Å². The Morgan fingerprint density at radius 2 is 2.12 bits per heavy atom. The number of aliphatic hydroxyl groups is 1. The first-order valence-corrected chi connectivity index (χ1v) is 12.1. The number of likely N-dealkylation sites (tertiary alicyclic amines) is 1. The molecule has 0 aliphatic carbocycles. The van der Waals surface area contributed by atoms with Gasteiger partial charge in [-0.15, -0.1) is 11.3 Å². The van der Waals surface area contributed by atoms with Crippen molar-refractivity contribution >= 4 is 23.1 Å². The third-order valence-corrected chi connectivity index (χ3v) is 7.32. The van der Waals surface area contributed by atoms with Gasteiger partial charge in [0.25, 0.3) is 5.91 Å². The van der Waals surface area contributed by atoms with Gasteiger partial charge in [-0.2, -0.15) is 10.1 Å². The predicted molar refractivity (Wildman–Crippen MR) is 125 cm³/mol. The lowest BCUT2D eigenvalue weighted by atomic mass is 9.97. The lowest BCUT2D eigenvalue weighted by Crippen LogP contribution is -3.11. The van der Waals surface area contributed by atoms with Crippen LogP contribution in [-0.4, -0.2) is 57.7 Å². The summed E-state index contributed by atoms with van der Waals surface area (Å²) in [6.07, 6.45) is 6.72. The maximum Gasteiger partial charge on any atom is 0.274 e. The molecule has 33 heavy (non-hydrogen) atoms. The highest BCUT2D eigenvalue weighted by Gasteiger charge is 2.36. The van der Waals surface area contributed by atoms with Gasteiger partial charge in [0, 0.05) is 19.0 Å². The second kappa shape index (κ2) is 9.17. The standard InChI is InChI=1S/C24H26FN5O2S/c1-16-26-21(22(33-16)17-7-3-2-4-8-17)24(32)30-10-6-5-9-20(30)11-19-13-28-15-29(25)12-18(14-31)23(28)27-19/h2-4,7-8,12-13,20,31H,5-6,9-11,14-15H2,1H3/p+1/t20-/m0/s1. The van der Waals surface area contributed by atoms with E-state index in [4.69, 9.17) is 4.99 Å². The average molecular weight is 469 g/mol. The van der Waals surface area contributed by atoms with Crippen LogP contribution in [0.3, 0.4) is 0 Å². The number of hydrogen-bond acceptors (Lipinski definition) is 6. The fourth-order valence-corrected chi connectivity index (χ4v) is 5.71. The summed E-state index contributed by atoms with van der Waals surface area (Å²) in [7, 11) is 0. The fraction of sp³-hybridized carbons (Fsp3) is 0.375. The molecule has 5 rings (SSSR count). The molecular formula is C24H27FN5O2S+. The van der Waals surface area contributed by atoms with Gasteiger partial charge in [0.2, 0.25) is 5.84 Å². The van der Waals surface area contributed by atoms with E-state index in [9.17, 15) is 14.4 Å². The van der Waals surface area contributed by atoms with E-state index >= 15 is 0 Å². The number of aryl methyl sites for hydroxylation is 1. The average Bonchev–Trinajstić information content (AvgIpc) is 3.42. The summed E-state index contributed by atoms with van der Waals surface area (Å²) in [6.45, 7) is 2.48. The molecule has 0 saturated carbocycles. The number of amides is 1. The van der Waals surface area contributed by atoms with Gasteiger partial charge in [-0.1, -0.05) is 34.8 Å². The second-order valence-corrected chi connectivity index (χ2v) is 9.82. The SMILES string of the molecule is Cc1nc(C(=O)N2CCCC[C@H]2CC2=C[NH+]3CN(F)C=C(CO)C3=N2)c(-c2ccccc2)s1. The molecular weight excluding hydrogens is 441 g/mol. The molecule has 1 fully saturated rings. The monoisotopic (exact) mass is 468 g/mol. The van der Waals surface area contributed by atoms with Crippen LogP contribution in [-0.2, 0) is 0 Å². The number of aromatic nitrogens is 1. The molecule has 0 radical (unpaired) electrons. The Morgan fingerprint density at radius 1 is 1.30 bits per heavy atom. The molecule has 3 aliphatic rings. The number of amidine groups is 1. The molecule has 4 heterocycles. The summed E-state index contributed by atoms with van der Waals surface area (Å²) >= 11 is 1.55. The number of piperidine rings is 1. The van der Waals surface area contributed by atoms with E-state index in [-0.39, 0.29) is 25.2 Å².